The Morgan fingerprint density at radius 2 is 2.00 bits per heavy atom. The highest BCUT2D eigenvalue weighted by Crippen LogP contribution is 2.12. The zero-order valence-corrected chi connectivity index (χ0v) is 11.3. The molecule has 18 heavy (non-hydrogen) atoms. The maximum atomic E-state index is 11.7. The van der Waals surface area contributed by atoms with Crippen molar-refractivity contribution in [1.82, 2.24) is 0 Å². The smallest absolute Gasteiger partial charge is 0.309 e. The minimum Gasteiger partial charge on any atom is -0.481 e. The number of nitrogens with zero attached hydrogens (tertiary/aromatic N) is 1. The number of carbonyl (C=O) groups excluding carboxylic acids is 1. The number of quaternary nitrogens is 1. The van der Waals surface area contributed by atoms with Gasteiger partial charge in [-0.25, -0.2) is 0 Å². The van der Waals surface area contributed by atoms with Gasteiger partial charge in [0.2, 0.25) is 0 Å². The summed E-state index contributed by atoms with van der Waals surface area (Å²) in [7, 11) is 2.82. The van der Waals surface area contributed by atoms with Gasteiger partial charge in [0, 0.05) is 0 Å². The van der Waals surface area contributed by atoms with Crippen molar-refractivity contribution in [3.05, 3.63) is 0 Å². The Morgan fingerprint density at radius 3 is 2.39 bits per heavy atom. The van der Waals surface area contributed by atoms with E-state index in [1.54, 1.807) is 0 Å². The molecule has 0 spiro atoms. The van der Waals surface area contributed by atoms with E-state index in [2.05, 4.69) is 0 Å². The van der Waals surface area contributed by atoms with Crippen LogP contribution < -0.4 is 0 Å². The van der Waals surface area contributed by atoms with Gasteiger partial charge in [0.15, 0.2) is 6.10 Å². The van der Waals surface area contributed by atoms with Crippen molar-refractivity contribution < 1.29 is 33.1 Å². The molecule has 0 bridgehead atoms. The molecule has 0 fully saturated rings. The number of carbonyl (C=O) groups is 2. The minimum absolute atomic E-state index is 0.166. The average molecular weight is 265 g/mol. The monoisotopic (exact) mass is 265 g/mol. The molecule has 0 saturated carbocycles. The predicted molar refractivity (Wildman–Crippen MR) is 65.9 cm³/mol. The topological polar surface area (TPSA) is 83.8 Å². The summed E-state index contributed by atoms with van der Waals surface area (Å²) in [6.45, 7) is 0.311. The van der Waals surface area contributed by atoms with Crippen LogP contribution in [0.25, 0.3) is 0 Å². The predicted octanol–water partition coefficient (Wildman–Crippen LogP) is 0.240. The minimum atomic E-state index is -2.36. The zero-order chi connectivity index (χ0) is 17.1. The lowest BCUT2D eigenvalue weighted by Crippen LogP contribution is -2.44. The van der Waals surface area contributed by atoms with Crippen molar-refractivity contribution in [3.63, 3.8) is 0 Å². The molecule has 0 unspecified atom stereocenters. The number of rotatable bonds is 7. The van der Waals surface area contributed by atoms with Crippen LogP contribution in [0.2, 0.25) is 0 Å². The third-order valence-corrected chi connectivity index (χ3v) is 1.94. The largest absolute Gasteiger partial charge is 0.481 e. The van der Waals surface area contributed by atoms with E-state index in [0.717, 1.165) is 0 Å². The fraction of sp³-hybridized carbons (Fsp3) is 0.833. The lowest BCUT2D eigenvalue weighted by atomic mass is 10.1. The second kappa shape index (κ2) is 6.15. The van der Waals surface area contributed by atoms with Crippen LogP contribution in [-0.4, -0.2) is 66.0 Å². The first-order valence-corrected chi connectivity index (χ1v) is 5.61. The van der Waals surface area contributed by atoms with E-state index in [-0.39, 0.29) is 13.0 Å². The molecule has 2 N–H and O–H groups in total. The Balaban J connectivity index is 4.90. The summed E-state index contributed by atoms with van der Waals surface area (Å²) < 4.78 is 26.8. The van der Waals surface area contributed by atoms with Crippen LogP contribution in [0.1, 0.15) is 30.8 Å². The molecule has 0 aliphatic heterocycles. The van der Waals surface area contributed by atoms with Crippen molar-refractivity contribution in [1.29, 1.82) is 0 Å². The Morgan fingerprint density at radius 1 is 1.44 bits per heavy atom. The summed E-state index contributed by atoms with van der Waals surface area (Å²) in [5.41, 5.74) is -1.28. The summed E-state index contributed by atoms with van der Waals surface area (Å²) in [5, 5.41) is 18.4. The second-order valence-corrected chi connectivity index (χ2v) is 5.57. The van der Waals surface area contributed by atoms with Crippen molar-refractivity contribution in [2.75, 3.05) is 27.6 Å². The Labute approximate surface area is 112 Å². The van der Waals surface area contributed by atoms with Crippen molar-refractivity contribution in [2.24, 2.45) is 0 Å². The fourth-order valence-corrected chi connectivity index (χ4v) is 1.43. The molecule has 0 radical (unpaired) electrons. The number of esters is 1. The van der Waals surface area contributed by atoms with E-state index < -0.39 is 41.5 Å². The summed E-state index contributed by atoms with van der Waals surface area (Å²) in [6.07, 6.45) is -1.87. The van der Waals surface area contributed by atoms with E-state index in [4.69, 9.17) is 14.0 Å². The molecular weight excluding hydrogens is 238 g/mol. The van der Waals surface area contributed by atoms with E-state index in [9.17, 15) is 14.7 Å². The van der Waals surface area contributed by atoms with Crippen molar-refractivity contribution >= 4 is 11.9 Å². The van der Waals surface area contributed by atoms with Gasteiger partial charge in [-0.3, -0.25) is 9.59 Å². The first-order valence-electron chi connectivity index (χ1n) is 7.11. The maximum Gasteiger partial charge on any atom is 0.309 e. The number of aliphatic hydroxyl groups is 1. The molecule has 6 nitrogen and oxygen atoms in total. The summed E-state index contributed by atoms with van der Waals surface area (Å²) in [6, 6.07) is 0. The Bertz CT molecular complexity index is 387. The van der Waals surface area contributed by atoms with Crippen molar-refractivity contribution in [3.8, 4) is 0 Å². The molecule has 0 aromatic rings. The van der Waals surface area contributed by atoms with Crippen LogP contribution in [0.4, 0.5) is 0 Å². The number of hydrogen-bond acceptors (Lipinski definition) is 4. The highest BCUT2D eigenvalue weighted by Gasteiger charge is 2.27. The molecule has 0 amide bonds. The molecule has 0 heterocycles. The van der Waals surface area contributed by atoms with Gasteiger partial charge < -0.3 is 19.4 Å². The third kappa shape index (κ3) is 10.0. The van der Waals surface area contributed by atoms with Gasteiger partial charge in [-0.05, 0) is 13.8 Å². The van der Waals surface area contributed by atoms with E-state index in [1.165, 1.54) is 27.9 Å². The number of likely N-dealkylation sites (N-methyl/N-ethyl adjacent to an activating group) is 1. The SMILES string of the molecule is [2H]C([2H])([2H])[N+](C)(C)C[C@@H](CC(=O)O)OC(=O)CC(C)(C)O. The Kier molecular flexibility index (Phi) is 4.07. The van der Waals surface area contributed by atoms with Gasteiger partial charge in [0.25, 0.3) is 0 Å². The Hall–Kier alpha value is -1.14. The number of carboxylic acid groups (broad SMARTS) is 1. The van der Waals surface area contributed by atoms with Gasteiger partial charge >= 0.3 is 11.9 Å². The van der Waals surface area contributed by atoms with Gasteiger partial charge in [-0.1, -0.05) is 0 Å². The number of aliphatic carboxylic acids is 1. The van der Waals surface area contributed by atoms with E-state index >= 15 is 0 Å². The molecule has 1 atom stereocenters. The van der Waals surface area contributed by atoms with Gasteiger partial charge in [0.1, 0.15) is 6.54 Å². The molecule has 0 aliphatic carbocycles. The summed E-state index contributed by atoms with van der Waals surface area (Å²) in [4.78, 5) is 22.5. The molecule has 0 aliphatic rings. The molecule has 0 aromatic carbocycles. The van der Waals surface area contributed by atoms with E-state index in [1.807, 2.05) is 0 Å². The number of carboxylic acids is 1. The number of hydrogen-bond donors (Lipinski definition) is 2. The molecule has 6 heteroatoms. The van der Waals surface area contributed by atoms with Gasteiger partial charge in [-0.15, -0.1) is 0 Å². The lowest BCUT2D eigenvalue weighted by Gasteiger charge is -2.28. The zero-order valence-electron chi connectivity index (χ0n) is 14.3. The van der Waals surface area contributed by atoms with Gasteiger partial charge in [-0.2, -0.15) is 0 Å². The van der Waals surface area contributed by atoms with Crippen LogP contribution in [-0.2, 0) is 14.3 Å². The molecule has 0 saturated heterocycles. The molecule has 0 rings (SSSR count). The van der Waals surface area contributed by atoms with E-state index in [0.29, 0.717) is 0 Å². The van der Waals surface area contributed by atoms with Crippen LogP contribution in [0, 0.1) is 0 Å². The van der Waals surface area contributed by atoms with Crippen LogP contribution in [0.3, 0.4) is 0 Å². The summed E-state index contributed by atoms with van der Waals surface area (Å²) in [5.74, 6) is -1.96. The van der Waals surface area contributed by atoms with Crippen LogP contribution >= 0.6 is 0 Å². The highest BCUT2D eigenvalue weighted by molar-refractivity contribution is 5.72. The fourth-order valence-electron chi connectivity index (χ4n) is 1.43. The second-order valence-electron chi connectivity index (χ2n) is 5.57. The van der Waals surface area contributed by atoms with Crippen molar-refractivity contribution in [2.45, 2.75) is 38.4 Å². The quantitative estimate of drug-likeness (QED) is 0.509. The number of ether oxygens (including phenoxy) is 1. The van der Waals surface area contributed by atoms with Crippen LogP contribution in [0.5, 0.6) is 0 Å². The molecular formula is C12H24NO5+. The summed E-state index contributed by atoms with van der Waals surface area (Å²) >= 11 is 0. The van der Waals surface area contributed by atoms with Crippen LogP contribution in [0.15, 0.2) is 0 Å². The first-order chi connectivity index (χ1) is 9.14. The lowest BCUT2D eigenvalue weighted by molar-refractivity contribution is -0.873. The first kappa shape index (κ1) is 11.9. The maximum absolute atomic E-state index is 11.7. The van der Waals surface area contributed by atoms with Gasteiger partial charge in [0.05, 0.1) is 43.6 Å². The molecule has 106 valence electrons. The third-order valence-electron chi connectivity index (χ3n) is 1.94. The standard InChI is InChI=1S/C12H23NO5/c1-12(2,17)7-11(16)18-9(6-10(14)15)8-13(3,4)5/h9,17H,6-8H2,1-5H3/p+1/t9-/m1/s1/i3D3. The highest BCUT2D eigenvalue weighted by atomic mass is 16.5. The average Bonchev–Trinajstić information content (AvgIpc) is 2.08. The molecule has 0 aromatic heterocycles. The normalized spacial score (nSPS) is 17.3.